The van der Waals surface area contributed by atoms with E-state index in [1.807, 2.05) is 0 Å². The van der Waals surface area contributed by atoms with E-state index in [-0.39, 0.29) is 21.7 Å². The number of nitrogens with zero attached hydrogens (tertiary/aromatic N) is 2. The van der Waals surface area contributed by atoms with Crippen molar-refractivity contribution >= 4 is 71.2 Å². The molecule has 0 spiro atoms. The molecule has 1 heterocycles. The Morgan fingerprint density at radius 3 is 1.13 bits per heavy atom. The molecule has 0 amide bonds. The van der Waals surface area contributed by atoms with E-state index in [1.165, 1.54) is 115 Å². The van der Waals surface area contributed by atoms with Crippen LogP contribution in [0.5, 0.6) is 0 Å². The van der Waals surface area contributed by atoms with Crippen LogP contribution in [0.2, 0.25) is 0 Å². The molecular weight excluding hydrogens is 917 g/mol. The van der Waals surface area contributed by atoms with Crippen LogP contribution in [0.15, 0.2) is 206 Å². The number of hydrogen-bond acceptors (Lipinski definition) is 1. The minimum absolute atomic E-state index is 0.0186. The number of fused-ring (bicyclic) bond motifs is 3. The number of rotatable bonds is 7. The summed E-state index contributed by atoms with van der Waals surface area (Å²) in [5.41, 5.74) is 19.7. The van der Waals surface area contributed by atoms with Gasteiger partial charge in [0.1, 0.15) is 0 Å². The van der Waals surface area contributed by atoms with E-state index in [9.17, 15) is 0 Å². The van der Waals surface area contributed by atoms with Crippen LogP contribution < -0.4 is 4.90 Å². The van der Waals surface area contributed by atoms with Crippen LogP contribution >= 0.6 is 0 Å². The van der Waals surface area contributed by atoms with Gasteiger partial charge in [-0.05, 0) is 136 Å². The van der Waals surface area contributed by atoms with Gasteiger partial charge < -0.3 is 9.47 Å². The highest BCUT2D eigenvalue weighted by Crippen LogP contribution is 2.50. The third-order valence-corrected chi connectivity index (χ3v) is 16.2. The van der Waals surface area contributed by atoms with Crippen LogP contribution in [0.1, 0.15) is 105 Å². The predicted octanol–water partition coefficient (Wildman–Crippen LogP) is 21.3. The number of hydrogen-bond donors (Lipinski definition) is 0. The zero-order chi connectivity index (χ0) is 53.1. The van der Waals surface area contributed by atoms with Crippen molar-refractivity contribution in [3.8, 4) is 39.1 Å². The van der Waals surface area contributed by atoms with Gasteiger partial charge >= 0.3 is 0 Å². The zero-order valence-electron chi connectivity index (χ0n) is 46.5. The predicted molar refractivity (Wildman–Crippen MR) is 330 cm³/mol. The smallest absolute Gasteiger partial charge is 0.0541 e. The third-order valence-electron chi connectivity index (χ3n) is 16.2. The van der Waals surface area contributed by atoms with Crippen LogP contribution in [-0.4, -0.2) is 4.57 Å². The highest BCUT2D eigenvalue weighted by Gasteiger charge is 2.27. The number of aromatic nitrogens is 1. The molecule has 11 aromatic carbocycles. The van der Waals surface area contributed by atoms with Gasteiger partial charge in [-0.3, -0.25) is 0 Å². The molecule has 0 atom stereocenters. The molecule has 12 aromatic rings. The molecule has 0 fully saturated rings. The van der Waals surface area contributed by atoms with E-state index in [0.717, 1.165) is 17.1 Å². The molecule has 0 saturated heterocycles. The first-order valence-electron chi connectivity index (χ1n) is 27.3. The van der Waals surface area contributed by atoms with E-state index in [0.29, 0.717) is 0 Å². The van der Waals surface area contributed by atoms with Crippen molar-refractivity contribution in [3.05, 3.63) is 229 Å². The molecule has 0 saturated carbocycles. The van der Waals surface area contributed by atoms with E-state index in [1.54, 1.807) is 0 Å². The second-order valence-electron chi connectivity index (χ2n) is 25.5. The Bertz CT molecular complexity index is 4080. The van der Waals surface area contributed by atoms with Gasteiger partial charge in [0, 0.05) is 32.7 Å². The molecule has 376 valence electrons. The summed E-state index contributed by atoms with van der Waals surface area (Å²) in [4.78, 5) is 2.54. The Balaban J connectivity index is 1.08. The second kappa shape index (κ2) is 17.8. The largest absolute Gasteiger partial charge is 0.309 e. The topological polar surface area (TPSA) is 8.17 Å². The fourth-order valence-electron chi connectivity index (χ4n) is 11.7. The highest BCUT2D eigenvalue weighted by molar-refractivity contribution is 6.28. The van der Waals surface area contributed by atoms with Crippen molar-refractivity contribution in [1.82, 2.24) is 4.57 Å². The Hall–Kier alpha value is -7.94. The average molecular weight is 987 g/mol. The average Bonchev–Trinajstić information content (AvgIpc) is 3.78. The first-order chi connectivity index (χ1) is 36.2. The van der Waals surface area contributed by atoms with Gasteiger partial charge in [0.15, 0.2) is 0 Å². The van der Waals surface area contributed by atoms with Crippen molar-refractivity contribution in [1.29, 1.82) is 0 Å². The molecule has 2 heteroatoms. The number of benzene rings is 11. The van der Waals surface area contributed by atoms with Crippen LogP contribution in [0, 0.1) is 0 Å². The lowest BCUT2D eigenvalue weighted by Gasteiger charge is -2.31. The molecule has 0 unspecified atom stereocenters. The normalized spacial score (nSPS) is 12.7. The summed E-state index contributed by atoms with van der Waals surface area (Å²) >= 11 is 0. The summed E-state index contributed by atoms with van der Waals surface area (Å²) in [6.45, 7) is 27.6. The quantitative estimate of drug-likeness (QED) is 0.145. The molecule has 2 nitrogen and oxygen atoms in total. The van der Waals surface area contributed by atoms with Crippen molar-refractivity contribution in [3.63, 3.8) is 0 Å². The maximum atomic E-state index is 2.54. The highest BCUT2D eigenvalue weighted by atomic mass is 15.1. The molecule has 0 aliphatic heterocycles. The fraction of sp³-hybridized carbons (Fsp3) is 0.216. The van der Waals surface area contributed by atoms with Gasteiger partial charge in [-0.25, -0.2) is 0 Å². The maximum absolute atomic E-state index is 2.54. The van der Waals surface area contributed by atoms with Crippen LogP contribution in [0.4, 0.5) is 17.1 Å². The van der Waals surface area contributed by atoms with E-state index in [4.69, 9.17) is 0 Å². The van der Waals surface area contributed by atoms with Crippen molar-refractivity contribution in [2.45, 2.75) is 105 Å². The Morgan fingerprint density at radius 1 is 0.289 bits per heavy atom. The van der Waals surface area contributed by atoms with Crippen molar-refractivity contribution in [2.24, 2.45) is 0 Å². The summed E-state index contributed by atoms with van der Waals surface area (Å²) in [6, 6.07) is 78.6. The second-order valence-corrected chi connectivity index (χ2v) is 25.5. The number of anilines is 3. The Kier molecular flexibility index (Phi) is 11.5. The molecule has 0 bridgehead atoms. The van der Waals surface area contributed by atoms with E-state index >= 15 is 0 Å². The van der Waals surface area contributed by atoms with Crippen molar-refractivity contribution < 1.29 is 0 Å². The monoisotopic (exact) mass is 987 g/mol. The third kappa shape index (κ3) is 8.44. The Labute approximate surface area is 450 Å². The molecule has 0 aliphatic rings. The van der Waals surface area contributed by atoms with Gasteiger partial charge in [-0.2, -0.15) is 0 Å². The van der Waals surface area contributed by atoms with Crippen molar-refractivity contribution in [2.75, 3.05) is 4.90 Å². The van der Waals surface area contributed by atoms with Gasteiger partial charge in [0.25, 0.3) is 0 Å². The minimum Gasteiger partial charge on any atom is -0.309 e. The van der Waals surface area contributed by atoms with E-state index < -0.39 is 0 Å². The summed E-state index contributed by atoms with van der Waals surface area (Å²) < 4.78 is 2.53. The first kappa shape index (κ1) is 49.0. The SMILES string of the molecule is CC(C)(C)c1ccc(-c2ccc(-c3ccccc3N(c3ccccc3-c3ccc(C(C)(C)C)cc3)c3ccc4ccc5c(-n6c7ccc(C(C)(C)C)cc7c7cc(C(C)(C)C)ccc76)ccc6ccc3c4c65)cc2)cc1. The van der Waals surface area contributed by atoms with E-state index in [2.05, 4.69) is 299 Å². The van der Waals surface area contributed by atoms with Gasteiger partial charge in [0.05, 0.1) is 33.8 Å². The molecule has 1 aromatic heterocycles. The van der Waals surface area contributed by atoms with Crippen LogP contribution in [-0.2, 0) is 21.7 Å². The summed E-state index contributed by atoms with van der Waals surface area (Å²) in [5.74, 6) is 0. The summed E-state index contributed by atoms with van der Waals surface area (Å²) in [6.07, 6.45) is 0. The van der Waals surface area contributed by atoms with Gasteiger partial charge in [0.2, 0.25) is 0 Å². The standard InChI is InChI=1S/C74H70N2/c1-71(2,3)53-33-25-48(26-34-53)47-21-23-49(24-22-47)57-17-13-15-19-63(57)75(64-20-16-14-18-58(64)50-27-35-54(36-28-50)72(4,5)6)65-41-31-51-30-40-60-66(42-32-52-29-39-59(65)69(51)70(52)60)76-67-43-37-55(73(7,8)9)45-61(67)62-46-56(74(10,11)12)38-44-68(62)76/h13-46H,1-12H3. The molecular formula is C74H70N2. The molecule has 0 radical (unpaired) electrons. The first-order valence-corrected chi connectivity index (χ1v) is 27.3. The molecule has 76 heavy (non-hydrogen) atoms. The fourth-order valence-corrected chi connectivity index (χ4v) is 11.7. The zero-order valence-corrected chi connectivity index (χ0v) is 46.5. The van der Waals surface area contributed by atoms with Gasteiger partial charge in [-0.1, -0.05) is 241 Å². The minimum atomic E-state index is 0.0186. The summed E-state index contributed by atoms with van der Waals surface area (Å²) in [7, 11) is 0. The molecule has 0 N–H and O–H groups in total. The Morgan fingerprint density at radius 2 is 0.658 bits per heavy atom. The van der Waals surface area contributed by atoms with Crippen LogP contribution in [0.25, 0.3) is 93.2 Å². The van der Waals surface area contributed by atoms with Crippen LogP contribution in [0.3, 0.4) is 0 Å². The van der Waals surface area contributed by atoms with Gasteiger partial charge in [-0.15, -0.1) is 0 Å². The lowest BCUT2D eigenvalue weighted by atomic mass is 9.85. The lowest BCUT2D eigenvalue weighted by molar-refractivity contribution is 0.590. The summed E-state index contributed by atoms with van der Waals surface area (Å²) in [5, 5.41) is 10.1. The maximum Gasteiger partial charge on any atom is 0.0541 e. The molecule has 12 rings (SSSR count). The molecule has 0 aliphatic carbocycles. The number of para-hydroxylation sites is 2. The lowest BCUT2D eigenvalue weighted by Crippen LogP contribution is -2.13.